The number of nitrogens with zero attached hydrogens (tertiary/aromatic N) is 5. The molecule has 0 bridgehead atoms. The molecule has 0 aliphatic carbocycles. The fraction of sp³-hybridized carbons (Fsp3) is 0.238. The Morgan fingerprint density at radius 2 is 2.00 bits per heavy atom. The molecule has 0 radical (unpaired) electrons. The van der Waals surface area contributed by atoms with Gasteiger partial charge in [0.1, 0.15) is 23.8 Å². The first-order chi connectivity index (χ1) is 14.1. The Morgan fingerprint density at radius 1 is 1.14 bits per heavy atom. The Balaban J connectivity index is 1.67. The molecular weight excluding hydrogens is 371 g/mol. The minimum Gasteiger partial charge on any atom is -0.372 e. The second kappa shape index (κ2) is 6.89. The van der Waals surface area contributed by atoms with Crippen molar-refractivity contribution in [2.45, 2.75) is 33.6 Å². The highest BCUT2D eigenvalue weighted by atomic mass is 19.1. The maximum Gasteiger partial charge on any atom is 0.170 e. The number of halogens is 1. The lowest BCUT2D eigenvalue weighted by molar-refractivity contribution is 0.107. The summed E-state index contributed by atoms with van der Waals surface area (Å²) in [5.41, 5.74) is 5.70. The van der Waals surface area contributed by atoms with Gasteiger partial charge in [0.25, 0.3) is 0 Å². The van der Waals surface area contributed by atoms with Gasteiger partial charge in [-0.3, -0.25) is 4.40 Å². The van der Waals surface area contributed by atoms with E-state index in [4.69, 9.17) is 4.74 Å². The van der Waals surface area contributed by atoms with Gasteiger partial charge in [-0.2, -0.15) is 0 Å². The van der Waals surface area contributed by atoms with E-state index in [2.05, 4.69) is 25.5 Å². The number of rotatable bonds is 1. The number of aromatic nitrogens is 5. The van der Waals surface area contributed by atoms with Crippen molar-refractivity contribution in [3.8, 4) is 11.1 Å². The standard InChI is InChI=1S/C21H19FN6O/c1-12-17(7-23-13(2)26-12)16-6-15-10-29-9-14-4-3-5-19(22)18(14)8-24-20(15)28-11-25-27-21(16)28/h3-7,11,24H,8-10H2,1-2H3. The van der Waals surface area contributed by atoms with Crippen LogP contribution in [-0.4, -0.2) is 24.6 Å². The number of aryl methyl sites for hydroxylation is 2. The number of pyridine rings is 1. The van der Waals surface area contributed by atoms with Crippen LogP contribution in [0.3, 0.4) is 0 Å². The van der Waals surface area contributed by atoms with Crippen molar-refractivity contribution in [1.82, 2.24) is 24.6 Å². The first-order valence-corrected chi connectivity index (χ1v) is 9.36. The van der Waals surface area contributed by atoms with Crippen molar-refractivity contribution in [1.29, 1.82) is 0 Å². The molecule has 1 aliphatic rings. The number of benzene rings is 1. The molecule has 1 aromatic carbocycles. The number of hydrogen-bond donors (Lipinski definition) is 1. The Hall–Kier alpha value is -3.39. The Bertz CT molecular complexity index is 1240. The van der Waals surface area contributed by atoms with Crippen molar-refractivity contribution < 1.29 is 9.13 Å². The first kappa shape index (κ1) is 17.7. The average Bonchev–Trinajstić information content (AvgIpc) is 3.20. The van der Waals surface area contributed by atoms with Crippen LogP contribution in [0.5, 0.6) is 0 Å². The van der Waals surface area contributed by atoms with E-state index in [1.165, 1.54) is 6.07 Å². The Labute approximate surface area is 166 Å². The molecule has 0 saturated carbocycles. The molecule has 29 heavy (non-hydrogen) atoms. The largest absolute Gasteiger partial charge is 0.372 e. The number of ether oxygens (including phenoxy) is 1. The third kappa shape index (κ3) is 3.01. The van der Waals surface area contributed by atoms with Crippen molar-refractivity contribution in [2.75, 3.05) is 5.32 Å². The van der Waals surface area contributed by atoms with E-state index < -0.39 is 0 Å². The second-order valence-corrected chi connectivity index (χ2v) is 7.10. The van der Waals surface area contributed by atoms with Gasteiger partial charge in [0, 0.05) is 40.7 Å². The van der Waals surface area contributed by atoms with Gasteiger partial charge in [0.2, 0.25) is 0 Å². The van der Waals surface area contributed by atoms with Gasteiger partial charge in [-0.1, -0.05) is 12.1 Å². The Morgan fingerprint density at radius 3 is 2.86 bits per heavy atom. The maximum absolute atomic E-state index is 14.4. The van der Waals surface area contributed by atoms with Crippen LogP contribution in [0.15, 0.2) is 36.8 Å². The lowest BCUT2D eigenvalue weighted by atomic mass is 10.0. The van der Waals surface area contributed by atoms with Crippen molar-refractivity contribution in [3.63, 3.8) is 0 Å². The SMILES string of the molecule is Cc1ncc(-c2cc3c(n4cnnc24)NCc2c(F)cccc2COC3)c(C)n1. The molecule has 0 amide bonds. The summed E-state index contributed by atoms with van der Waals surface area (Å²) >= 11 is 0. The quantitative estimate of drug-likeness (QED) is 0.535. The smallest absolute Gasteiger partial charge is 0.170 e. The van der Waals surface area contributed by atoms with E-state index in [9.17, 15) is 4.39 Å². The number of nitrogens with one attached hydrogen (secondary N) is 1. The zero-order valence-corrected chi connectivity index (χ0v) is 16.1. The molecule has 1 N–H and O–H groups in total. The summed E-state index contributed by atoms with van der Waals surface area (Å²) in [5.74, 6) is 1.26. The fourth-order valence-corrected chi connectivity index (χ4v) is 3.78. The molecular formula is C21H19FN6O. The van der Waals surface area contributed by atoms with Crippen LogP contribution >= 0.6 is 0 Å². The van der Waals surface area contributed by atoms with Gasteiger partial charge in [-0.25, -0.2) is 14.4 Å². The zero-order valence-electron chi connectivity index (χ0n) is 16.1. The van der Waals surface area contributed by atoms with Gasteiger partial charge < -0.3 is 10.1 Å². The van der Waals surface area contributed by atoms with E-state index >= 15 is 0 Å². The van der Waals surface area contributed by atoms with Crippen LogP contribution in [0, 0.1) is 19.7 Å². The van der Waals surface area contributed by atoms with Gasteiger partial charge in [-0.05, 0) is 31.5 Å². The minimum atomic E-state index is -0.244. The average molecular weight is 390 g/mol. The summed E-state index contributed by atoms with van der Waals surface area (Å²) < 4.78 is 22.2. The molecule has 0 spiro atoms. The number of hydrogen-bond acceptors (Lipinski definition) is 6. The predicted octanol–water partition coefficient (Wildman–Crippen LogP) is 3.58. The summed E-state index contributed by atoms with van der Waals surface area (Å²) in [5, 5.41) is 11.8. The number of anilines is 1. The van der Waals surface area contributed by atoms with Crippen LogP contribution in [0.4, 0.5) is 10.2 Å². The zero-order chi connectivity index (χ0) is 20.0. The summed E-state index contributed by atoms with van der Waals surface area (Å²) in [4.78, 5) is 8.83. The predicted molar refractivity (Wildman–Crippen MR) is 106 cm³/mol. The molecule has 146 valence electrons. The van der Waals surface area contributed by atoms with Gasteiger partial charge in [0.05, 0.1) is 13.2 Å². The molecule has 0 fully saturated rings. The number of fused-ring (bicyclic) bond motifs is 4. The van der Waals surface area contributed by atoms with Crippen LogP contribution in [-0.2, 0) is 24.5 Å². The lowest BCUT2D eigenvalue weighted by Gasteiger charge is -2.16. The highest BCUT2D eigenvalue weighted by molar-refractivity contribution is 5.81. The minimum absolute atomic E-state index is 0.244. The summed E-state index contributed by atoms with van der Waals surface area (Å²) in [6.45, 7) is 4.87. The van der Waals surface area contributed by atoms with Crippen LogP contribution in [0.1, 0.15) is 28.2 Å². The third-order valence-electron chi connectivity index (χ3n) is 5.21. The lowest BCUT2D eigenvalue weighted by Crippen LogP contribution is -2.09. The third-order valence-corrected chi connectivity index (χ3v) is 5.21. The first-order valence-electron chi connectivity index (χ1n) is 9.36. The van der Waals surface area contributed by atoms with Gasteiger partial charge >= 0.3 is 0 Å². The van der Waals surface area contributed by atoms with E-state index in [1.54, 1.807) is 12.4 Å². The molecule has 1 aliphatic heterocycles. The van der Waals surface area contributed by atoms with Crippen molar-refractivity contribution >= 4 is 11.5 Å². The molecule has 0 saturated heterocycles. The molecule has 5 rings (SSSR count). The van der Waals surface area contributed by atoms with Gasteiger partial charge in [0.15, 0.2) is 5.65 Å². The summed E-state index contributed by atoms with van der Waals surface area (Å²) in [6, 6.07) is 7.10. The topological polar surface area (TPSA) is 77.2 Å². The molecule has 4 aromatic rings. The molecule has 0 atom stereocenters. The maximum atomic E-state index is 14.4. The highest BCUT2D eigenvalue weighted by Gasteiger charge is 2.20. The van der Waals surface area contributed by atoms with E-state index in [-0.39, 0.29) is 5.82 Å². The van der Waals surface area contributed by atoms with E-state index in [1.807, 2.05) is 36.6 Å². The van der Waals surface area contributed by atoms with Crippen LogP contribution in [0.25, 0.3) is 16.8 Å². The molecule has 8 heteroatoms. The van der Waals surface area contributed by atoms with Crippen LogP contribution < -0.4 is 5.32 Å². The molecule has 0 unspecified atom stereocenters. The van der Waals surface area contributed by atoms with Gasteiger partial charge in [-0.15, -0.1) is 10.2 Å². The highest BCUT2D eigenvalue weighted by Crippen LogP contribution is 2.32. The normalized spacial score (nSPS) is 13.8. The van der Waals surface area contributed by atoms with Crippen molar-refractivity contribution in [3.05, 3.63) is 70.8 Å². The summed E-state index contributed by atoms with van der Waals surface area (Å²) in [6.07, 6.45) is 3.46. The van der Waals surface area contributed by atoms with Crippen LogP contribution in [0.2, 0.25) is 0 Å². The fourth-order valence-electron chi connectivity index (χ4n) is 3.78. The molecule has 4 heterocycles. The monoisotopic (exact) mass is 390 g/mol. The molecule has 7 nitrogen and oxygen atoms in total. The summed E-state index contributed by atoms with van der Waals surface area (Å²) in [7, 11) is 0. The second-order valence-electron chi connectivity index (χ2n) is 7.10. The van der Waals surface area contributed by atoms with E-state index in [0.717, 1.165) is 39.6 Å². The Kier molecular flexibility index (Phi) is 4.21. The molecule has 3 aromatic heterocycles. The van der Waals surface area contributed by atoms with E-state index in [0.29, 0.717) is 31.0 Å². The van der Waals surface area contributed by atoms with Crippen molar-refractivity contribution in [2.24, 2.45) is 0 Å².